The Labute approximate surface area is 233 Å². The molecule has 0 bridgehead atoms. The average Bonchev–Trinajstić information content (AvgIpc) is 2.88. The van der Waals surface area contributed by atoms with Gasteiger partial charge in [-0.2, -0.15) is 0 Å². The Morgan fingerprint density at radius 2 is 1.77 bits per heavy atom. The summed E-state index contributed by atoms with van der Waals surface area (Å²) < 4.78 is 6.63. The Morgan fingerprint density at radius 1 is 1.05 bits per heavy atom. The zero-order valence-corrected chi connectivity index (χ0v) is 22.9. The summed E-state index contributed by atoms with van der Waals surface area (Å²) in [5, 5.41) is 11.3. The highest BCUT2D eigenvalue weighted by atomic mass is 79.9. The molecule has 1 fully saturated rings. The summed E-state index contributed by atoms with van der Waals surface area (Å²) in [6, 6.07) is 14.2. The molecule has 3 aromatic rings. The number of halogens is 1. The van der Waals surface area contributed by atoms with Gasteiger partial charge in [0.2, 0.25) is 0 Å². The molecule has 0 aromatic heterocycles. The van der Waals surface area contributed by atoms with E-state index in [1.165, 1.54) is 18.2 Å². The first-order chi connectivity index (χ1) is 18.6. The molecular weight excluding hydrogens is 564 g/mol. The minimum Gasteiger partial charge on any atom is -0.487 e. The van der Waals surface area contributed by atoms with Gasteiger partial charge in [-0.3, -0.25) is 14.9 Å². The van der Waals surface area contributed by atoms with Crippen LogP contribution in [0.5, 0.6) is 5.75 Å². The number of carbonyl (C=O) groups is 4. The van der Waals surface area contributed by atoms with Crippen molar-refractivity contribution in [3.8, 4) is 5.75 Å². The standard InChI is InChI=1S/C30H25BrN2O6/c1-4-5-22-13-20(15-25(31)26(22)39-16-19-7-9-21(10-8-19)29(36)37)14-24-27(34)32-30(38)33(28(24)35)23-11-6-17(2)18(3)12-23/h4,6-15H,1,5,16H2,2-3H3,(H,36,37)(H,32,34,38)/b24-14+. The smallest absolute Gasteiger partial charge is 0.335 e. The fourth-order valence-electron chi connectivity index (χ4n) is 4.05. The Kier molecular flexibility index (Phi) is 8.11. The maximum absolute atomic E-state index is 13.3. The first kappa shape index (κ1) is 27.5. The molecule has 1 heterocycles. The second kappa shape index (κ2) is 11.5. The molecule has 0 spiro atoms. The Hall–Kier alpha value is -4.50. The van der Waals surface area contributed by atoms with E-state index in [1.54, 1.807) is 42.5 Å². The van der Waals surface area contributed by atoms with Crippen LogP contribution in [0.3, 0.4) is 0 Å². The number of carboxylic acids is 1. The second-order valence-corrected chi connectivity index (χ2v) is 9.86. The van der Waals surface area contributed by atoms with Crippen LogP contribution in [0.1, 0.15) is 38.2 Å². The molecule has 9 heteroatoms. The quantitative estimate of drug-likeness (QED) is 0.197. The highest BCUT2D eigenvalue weighted by molar-refractivity contribution is 9.10. The number of nitrogens with zero attached hydrogens (tertiary/aromatic N) is 1. The summed E-state index contributed by atoms with van der Waals surface area (Å²) >= 11 is 3.52. The molecule has 4 rings (SSSR count). The van der Waals surface area contributed by atoms with E-state index in [2.05, 4.69) is 27.8 Å². The zero-order chi connectivity index (χ0) is 28.3. The lowest BCUT2D eigenvalue weighted by Crippen LogP contribution is -2.54. The number of ether oxygens (including phenoxy) is 1. The van der Waals surface area contributed by atoms with Crippen molar-refractivity contribution in [2.75, 3.05) is 4.90 Å². The van der Waals surface area contributed by atoms with Crippen LogP contribution >= 0.6 is 15.9 Å². The lowest BCUT2D eigenvalue weighted by Gasteiger charge is -2.27. The van der Waals surface area contributed by atoms with Crippen LogP contribution in [0, 0.1) is 13.8 Å². The Bertz CT molecular complexity index is 1540. The summed E-state index contributed by atoms with van der Waals surface area (Å²) in [6.45, 7) is 7.79. The molecular formula is C30H25BrN2O6. The Morgan fingerprint density at radius 3 is 2.41 bits per heavy atom. The number of amides is 4. The molecule has 0 radical (unpaired) electrons. The number of carbonyl (C=O) groups excluding carboxylic acids is 3. The van der Waals surface area contributed by atoms with Gasteiger partial charge in [-0.25, -0.2) is 14.5 Å². The van der Waals surface area contributed by atoms with E-state index >= 15 is 0 Å². The van der Waals surface area contributed by atoms with E-state index in [1.807, 2.05) is 19.9 Å². The third kappa shape index (κ3) is 5.99. The van der Waals surface area contributed by atoms with Gasteiger partial charge in [0.1, 0.15) is 17.9 Å². The van der Waals surface area contributed by atoms with Crippen LogP contribution in [0.2, 0.25) is 0 Å². The van der Waals surface area contributed by atoms with Crippen molar-refractivity contribution < 1.29 is 29.0 Å². The molecule has 2 N–H and O–H groups in total. The second-order valence-electron chi connectivity index (χ2n) is 9.00. The number of anilines is 1. The van der Waals surface area contributed by atoms with Crippen molar-refractivity contribution in [1.29, 1.82) is 0 Å². The van der Waals surface area contributed by atoms with Crippen LogP contribution in [-0.2, 0) is 22.6 Å². The highest BCUT2D eigenvalue weighted by Crippen LogP contribution is 2.34. The highest BCUT2D eigenvalue weighted by Gasteiger charge is 2.37. The van der Waals surface area contributed by atoms with Gasteiger partial charge in [0, 0.05) is 0 Å². The van der Waals surface area contributed by atoms with Crippen molar-refractivity contribution in [1.82, 2.24) is 5.32 Å². The third-order valence-corrected chi connectivity index (χ3v) is 6.84. The first-order valence-electron chi connectivity index (χ1n) is 12.0. The van der Waals surface area contributed by atoms with Crippen LogP contribution in [0.15, 0.2) is 77.3 Å². The maximum Gasteiger partial charge on any atom is 0.335 e. The summed E-state index contributed by atoms with van der Waals surface area (Å²) in [6.07, 6.45) is 3.58. The minimum absolute atomic E-state index is 0.184. The van der Waals surface area contributed by atoms with Gasteiger partial charge in [-0.1, -0.05) is 24.3 Å². The van der Waals surface area contributed by atoms with Crippen LogP contribution in [0.4, 0.5) is 10.5 Å². The lowest BCUT2D eigenvalue weighted by atomic mass is 10.0. The number of allylic oxidation sites excluding steroid dienone is 1. The predicted octanol–water partition coefficient (Wildman–Crippen LogP) is 5.74. The number of carboxylic acid groups (broad SMARTS) is 1. The van der Waals surface area contributed by atoms with Crippen molar-refractivity contribution in [2.24, 2.45) is 0 Å². The monoisotopic (exact) mass is 588 g/mol. The molecule has 39 heavy (non-hydrogen) atoms. The molecule has 1 saturated heterocycles. The van der Waals surface area contributed by atoms with Crippen molar-refractivity contribution in [3.05, 3.63) is 111 Å². The largest absolute Gasteiger partial charge is 0.487 e. The van der Waals surface area contributed by atoms with Crippen LogP contribution < -0.4 is 15.0 Å². The number of aryl methyl sites for hydroxylation is 2. The summed E-state index contributed by atoms with van der Waals surface area (Å²) in [5.41, 5.74) is 4.36. The first-order valence-corrected chi connectivity index (χ1v) is 12.8. The lowest BCUT2D eigenvalue weighted by molar-refractivity contribution is -0.122. The summed E-state index contributed by atoms with van der Waals surface area (Å²) in [4.78, 5) is 50.6. The van der Waals surface area contributed by atoms with Crippen LogP contribution in [-0.4, -0.2) is 28.9 Å². The van der Waals surface area contributed by atoms with Crippen molar-refractivity contribution in [2.45, 2.75) is 26.9 Å². The van der Waals surface area contributed by atoms with E-state index in [4.69, 9.17) is 9.84 Å². The SMILES string of the molecule is C=CCc1cc(/C=C2\C(=O)NC(=O)N(c3ccc(C)c(C)c3)C2=O)cc(Br)c1OCc1ccc(C(=O)O)cc1. The summed E-state index contributed by atoms with van der Waals surface area (Å²) in [5.74, 6) is -1.96. The van der Waals surface area contributed by atoms with Crippen LogP contribution in [0.25, 0.3) is 6.08 Å². The number of benzene rings is 3. The molecule has 0 saturated carbocycles. The fourth-order valence-corrected chi connectivity index (χ4v) is 4.68. The number of rotatable bonds is 8. The van der Waals surface area contributed by atoms with Gasteiger partial charge in [0.05, 0.1) is 15.7 Å². The van der Waals surface area contributed by atoms with E-state index < -0.39 is 23.8 Å². The molecule has 1 aliphatic heterocycles. The predicted molar refractivity (Wildman–Crippen MR) is 151 cm³/mol. The number of barbiturate groups is 1. The average molecular weight is 589 g/mol. The number of urea groups is 1. The van der Waals surface area contributed by atoms with E-state index in [9.17, 15) is 19.2 Å². The van der Waals surface area contributed by atoms with Gasteiger partial charge in [0.15, 0.2) is 0 Å². The topological polar surface area (TPSA) is 113 Å². The summed E-state index contributed by atoms with van der Waals surface area (Å²) in [7, 11) is 0. The normalized spacial score (nSPS) is 14.4. The maximum atomic E-state index is 13.3. The molecule has 8 nitrogen and oxygen atoms in total. The number of imide groups is 2. The third-order valence-electron chi connectivity index (χ3n) is 6.25. The number of aromatic carboxylic acids is 1. The van der Waals surface area contributed by atoms with E-state index in [0.717, 1.165) is 27.2 Å². The van der Waals surface area contributed by atoms with E-state index in [0.29, 0.717) is 27.9 Å². The van der Waals surface area contributed by atoms with Gasteiger partial charge in [0.25, 0.3) is 11.8 Å². The number of hydrogen-bond donors (Lipinski definition) is 2. The molecule has 0 aliphatic carbocycles. The fraction of sp³-hybridized carbons (Fsp3) is 0.133. The van der Waals surface area contributed by atoms with Gasteiger partial charge < -0.3 is 9.84 Å². The van der Waals surface area contributed by atoms with Gasteiger partial charge in [-0.05, 0) is 106 Å². The molecule has 3 aromatic carbocycles. The molecule has 0 atom stereocenters. The van der Waals surface area contributed by atoms with Crippen molar-refractivity contribution in [3.63, 3.8) is 0 Å². The number of hydrogen-bond acceptors (Lipinski definition) is 5. The molecule has 4 amide bonds. The molecule has 1 aliphatic rings. The molecule has 198 valence electrons. The molecule has 0 unspecified atom stereocenters. The van der Waals surface area contributed by atoms with Crippen molar-refractivity contribution >= 4 is 51.5 Å². The van der Waals surface area contributed by atoms with E-state index in [-0.39, 0.29) is 17.7 Å². The zero-order valence-electron chi connectivity index (χ0n) is 21.3. The van der Waals surface area contributed by atoms with Gasteiger partial charge >= 0.3 is 12.0 Å². The van der Waals surface area contributed by atoms with Gasteiger partial charge in [-0.15, -0.1) is 6.58 Å². The Balaban J connectivity index is 1.64. The minimum atomic E-state index is -1.00. The number of nitrogens with one attached hydrogen (secondary N) is 1.